The summed E-state index contributed by atoms with van der Waals surface area (Å²) in [7, 11) is 1.71. The number of aryl methyl sites for hydroxylation is 2. The van der Waals surface area contributed by atoms with Gasteiger partial charge in [-0.3, -0.25) is 0 Å². The van der Waals surface area contributed by atoms with E-state index in [1.165, 1.54) is 0 Å². The lowest BCUT2D eigenvalue weighted by Gasteiger charge is -2.13. The van der Waals surface area contributed by atoms with Crippen molar-refractivity contribution in [1.29, 1.82) is 0 Å². The zero-order chi connectivity index (χ0) is 13.5. The van der Waals surface area contributed by atoms with Crippen LogP contribution in [0.4, 0.5) is 0 Å². The Morgan fingerprint density at radius 2 is 1.72 bits per heavy atom. The van der Waals surface area contributed by atoms with E-state index in [0.717, 1.165) is 41.9 Å². The monoisotopic (exact) mass is 267 g/mol. The Labute approximate surface area is 114 Å². The van der Waals surface area contributed by atoms with Gasteiger partial charge >= 0.3 is 0 Å². The summed E-state index contributed by atoms with van der Waals surface area (Å²) in [4.78, 5) is 0.424. The highest BCUT2D eigenvalue weighted by atomic mass is 32.1. The molecule has 4 heteroatoms. The molecule has 0 aliphatic heterocycles. The number of unbranched alkanes of at least 4 members (excludes halogenated alkanes) is 1. The van der Waals surface area contributed by atoms with Crippen molar-refractivity contribution in [2.24, 2.45) is 5.73 Å². The molecule has 18 heavy (non-hydrogen) atoms. The molecule has 1 aromatic rings. The van der Waals surface area contributed by atoms with E-state index in [0.29, 0.717) is 11.6 Å². The van der Waals surface area contributed by atoms with Crippen LogP contribution in [0.3, 0.4) is 0 Å². The van der Waals surface area contributed by atoms with Crippen molar-refractivity contribution in [1.82, 2.24) is 0 Å². The van der Waals surface area contributed by atoms with Gasteiger partial charge in [-0.25, -0.2) is 0 Å². The van der Waals surface area contributed by atoms with E-state index < -0.39 is 0 Å². The number of methoxy groups -OCH3 is 1. The molecule has 0 spiro atoms. The number of benzene rings is 1. The zero-order valence-electron chi connectivity index (χ0n) is 11.3. The summed E-state index contributed by atoms with van der Waals surface area (Å²) in [6, 6.07) is 3.94. The Hall–Kier alpha value is -1.13. The lowest BCUT2D eigenvalue weighted by molar-refractivity contribution is 0.184. The molecule has 0 fully saturated rings. The summed E-state index contributed by atoms with van der Waals surface area (Å²) in [5.41, 5.74) is 8.68. The first-order valence-corrected chi connectivity index (χ1v) is 6.50. The van der Waals surface area contributed by atoms with E-state index in [2.05, 4.69) is 0 Å². The number of hydrogen-bond acceptors (Lipinski definition) is 3. The summed E-state index contributed by atoms with van der Waals surface area (Å²) in [6.45, 7) is 5.51. The molecule has 0 heterocycles. The van der Waals surface area contributed by atoms with Crippen molar-refractivity contribution in [3.05, 3.63) is 28.8 Å². The molecular formula is C14H21NO2S. The predicted molar refractivity (Wildman–Crippen MR) is 78.4 cm³/mol. The van der Waals surface area contributed by atoms with Crippen LogP contribution in [0.25, 0.3) is 0 Å². The van der Waals surface area contributed by atoms with Crippen molar-refractivity contribution in [2.75, 3.05) is 20.3 Å². The molecule has 2 N–H and O–H groups in total. The fourth-order valence-corrected chi connectivity index (χ4v) is 1.96. The molecule has 0 atom stereocenters. The van der Waals surface area contributed by atoms with Crippen LogP contribution in [-0.4, -0.2) is 25.3 Å². The zero-order valence-corrected chi connectivity index (χ0v) is 12.1. The molecule has 0 aliphatic carbocycles. The number of rotatable bonds is 7. The lowest BCUT2D eigenvalue weighted by atomic mass is 10.1. The van der Waals surface area contributed by atoms with Crippen LogP contribution in [-0.2, 0) is 4.74 Å². The van der Waals surface area contributed by atoms with Crippen LogP contribution in [0, 0.1) is 13.8 Å². The molecule has 0 saturated heterocycles. The van der Waals surface area contributed by atoms with Gasteiger partial charge in [-0.15, -0.1) is 0 Å². The van der Waals surface area contributed by atoms with Gasteiger partial charge in [0, 0.05) is 19.3 Å². The summed E-state index contributed by atoms with van der Waals surface area (Å²) < 4.78 is 10.8. The van der Waals surface area contributed by atoms with Crippen LogP contribution in [0.5, 0.6) is 5.75 Å². The largest absolute Gasteiger partial charge is 0.493 e. The Morgan fingerprint density at radius 1 is 1.17 bits per heavy atom. The molecule has 100 valence electrons. The molecule has 0 radical (unpaired) electrons. The minimum Gasteiger partial charge on any atom is -0.493 e. The normalized spacial score (nSPS) is 10.4. The van der Waals surface area contributed by atoms with Crippen LogP contribution >= 0.6 is 12.2 Å². The summed E-state index contributed by atoms with van der Waals surface area (Å²) >= 11 is 4.98. The molecule has 0 amide bonds. The van der Waals surface area contributed by atoms with Crippen LogP contribution in [0.15, 0.2) is 12.1 Å². The SMILES string of the molecule is COCCCCOc1c(C)cc(C(N)=S)cc1C. The number of nitrogens with two attached hydrogens (primary N) is 1. The Bertz CT molecular complexity index is 395. The van der Waals surface area contributed by atoms with E-state index in [1.807, 2.05) is 26.0 Å². The number of ether oxygens (including phenoxy) is 2. The average molecular weight is 267 g/mol. The first-order valence-electron chi connectivity index (χ1n) is 6.09. The second-order valence-electron chi connectivity index (χ2n) is 4.35. The van der Waals surface area contributed by atoms with Crippen LogP contribution < -0.4 is 10.5 Å². The first-order chi connectivity index (χ1) is 8.56. The van der Waals surface area contributed by atoms with Gasteiger partial charge in [0.2, 0.25) is 0 Å². The van der Waals surface area contributed by atoms with Crippen LogP contribution in [0.1, 0.15) is 29.5 Å². The van der Waals surface area contributed by atoms with Crippen molar-refractivity contribution in [2.45, 2.75) is 26.7 Å². The quantitative estimate of drug-likeness (QED) is 0.609. The van der Waals surface area contributed by atoms with Gasteiger partial charge < -0.3 is 15.2 Å². The van der Waals surface area contributed by atoms with E-state index in [4.69, 9.17) is 27.4 Å². The standard InChI is InChI=1S/C14H21NO2S/c1-10-8-12(14(15)18)9-11(2)13(10)17-7-5-4-6-16-3/h8-9H,4-7H2,1-3H3,(H2,15,18). The maximum atomic E-state index is 5.81. The molecule has 0 aliphatic rings. The van der Waals surface area contributed by atoms with E-state index in [1.54, 1.807) is 7.11 Å². The Balaban J connectivity index is 2.63. The molecule has 1 aromatic carbocycles. The van der Waals surface area contributed by atoms with Crippen molar-refractivity contribution in [3.8, 4) is 5.75 Å². The topological polar surface area (TPSA) is 44.5 Å². The molecule has 1 rings (SSSR count). The molecule has 0 aromatic heterocycles. The van der Waals surface area contributed by atoms with E-state index in [-0.39, 0.29) is 0 Å². The van der Waals surface area contributed by atoms with Gasteiger partial charge in [-0.1, -0.05) is 12.2 Å². The minimum absolute atomic E-state index is 0.424. The molecule has 0 bridgehead atoms. The van der Waals surface area contributed by atoms with Gasteiger partial charge in [0.1, 0.15) is 10.7 Å². The third kappa shape index (κ3) is 4.27. The summed E-state index contributed by atoms with van der Waals surface area (Å²) in [5.74, 6) is 0.937. The number of thiocarbonyl (C=S) groups is 1. The van der Waals surface area contributed by atoms with E-state index in [9.17, 15) is 0 Å². The average Bonchev–Trinajstić information content (AvgIpc) is 2.31. The second kappa shape index (κ2) is 7.34. The van der Waals surface area contributed by atoms with Gasteiger partial charge in [-0.2, -0.15) is 0 Å². The van der Waals surface area contributed by atoms with Crippen molar-refractivity contribution >= 4 is 17.2 Å². The van der Waals surface area contributed by atoms with Crippen LogP contribution in [0.2, 0.25) is 0 Å². The minimum atomic E-state index is 0.424. The molecular weight excluding hydrogens is 246 g/mol. The van der Waals surface area contributed by atoms with E-state index >= 15 is 0 Å². The predicted octanol–water partition coefficient (Wildman–Crippen LogP) is 2.74. The summed E-state index contributed by atoms with van der Waals surface area (Å²) in [6.07, 6.45) is 2.00. The Morgan fingerprint density at radius 3 is 2.22 bits per heavy atom. The highest BCUT2D eigenvalue weighted by Gasteiger charge is 2.07. The smallest absolute Gasteiger partial charge is 0.125 e. The third-order valence-corrected chi connectivity index (χ3v) is 2.97. The number of hydrogen-bond donors (Lipinski definition) is 1. The van der Waals surface area contributed by atoms with Gasteiger partial charge in [0.25, 0.3) is 0 Å². The molecule has 0 unspecified atom stereocenters. The highest BCUT2D eigenvalue weighted by Crippen LogP contribution is 2.25. The maximum Gasteiger partial charge on any atom is 0.125 e. The maximum absolute atomic E-state index is 5.81. The molecule has 3 nitrogen and oxygen atoms in total. The highest BCUT2D eigenvalue weighted by molar-refractivity contribution is 7.80. The van der Waals surface area contributed by atoms with Gasteiger partial charge in [-0.05, 0) is 49.9 Å². The fourth-order valence-electron chi connectivity index (χ4n) is 1.84. The summed E-state index contributed by atoms with van der Waals surface area (Å²) in [5, 5.41) is 0. The third-order valence-electron chi connectivity index (χ3n) is 2.73. The second-order valence-corrected chi connectivity index (χ2v) is 4.79. The first kappa shape index (κ1) is 14.9. The molecule has 0 saturated carbocycles. The van der Waals surface area contributed by atoms with Crippen molar-refractivity contribution in [3.63, 3.8) is 0 Å². The van der Waals surface area contributed by atoms with Crippen molar-refractivity contribution < 1.29 is 9.47 Å². The van der Waals surface area contributed by atoms with Gasteiger partial charge in [0.15, 0.2) is 0 Å². The Kier molecular flexibility index (Phi) is 6.09. The van der Waals surface area contributed by atoms with Gasteiger partial charge in [0.05, 0.1) is 6.61 Å². The lowest BCUT2D eigenvalue weighted by Crippen LogP contribution is -2.11. The fraction of sp³-hybridized carbons (Fsp3) is 0.500.